The van der Waals surface area contributed by atoms with Crippen LogP contribution in [-0.2, 0) is 6.42 Å². The van der Waals surface area contributed by atoms with Crippen LogP contribution in [0.15, 0.2) is 24.3 Å². The van der Waals surface area contributed by atoms with E-state index in [0.717, 1.165) is 12.2 Å². The van der Waals surface area contributed by atoms with Crippen molar-refractivity contribution in [3.8, 4) is 5.75 Å². The van der Waals surface area contributed by atoms with Crippen LogP contribution in [0.3, 0.4) is 0 Å². The standard InChI is InChI=1S/C12H18N2OS/c1-10(13)7-11-3-2-4-12(8-11)15-9-14-5-6-16/h2-4,6,8,10,14H,5,7,9,13H2,1H3. The van der Waals surface area contributed by atoms with Crippen molar-refractivity contribution in [2.75, 3.05) is 13.3 Å². The Morgan fingerprint density at radius 2 is 2.38 bits per heavy atom. The lowest BCUT2D eigenvalue weighted by molar-refractivity contribution is 0.292. The summed E-state index contributed by atoms with van der Waals surface area (Å²) in [6.45, 7) is 3.14. The summed E-state index contributed by atoms with van der Waals surface area (Å²) in [4.78, 5) is 0. The molecule has 16 heavy (non-hydrogen) atoms. The van der Waals surface area contributed by atoms with Crippen LogP contribution in [0.2, 0.25) is 0 Å². The molecule has 3 N–H and O–H groups in total. The topological polar surface area (TPSA) is 47.3 Å². The average molecular weight is 238 g/mol. The van der Waals surface area contributed by atoms with Crippen molar-refractivity contribution in [1.82, 2.24) is 5.32 Å². The molecule has 3 nitrogen and oxygen atoms in total. The van der Waals surface area contributed by atoms with Gasteiger partial charge in [-0.3, -0.25) is 5.32 Å². The molecule has 0 saturated heterocycles. The van der Waals surface area contributed by atoms with E-state index in [0.29, 0.717) is 13.3 Å². The van der Waals surface area contributed by atoms with E-state index in [9.17, 15) is 0 Å². The van der Waals surface area contributed by atoms with Gasteiger partial charge in [0.25, 0.3) is 0 Å². The monoisotopic (exact) mass is 238 g/mol. The summed E-state index contributed by atoms with van der Waals surface area (Å²) in [5.41, 5.74) is 6.94. The number of hydrogen-bond acceptors (Lipinski definition) is 4. The van der Waals surface area contributed by atoms with E-state index < -0.39 is 0 Å². The molecule has 4 heteroatoms. The summed E-state index contributed by atoms with van der Waals surface area (Å²) in [5.74, 6) is 0.856. The van der Waals surface area contributed by atoms with Crippen LogP contribution in [0.4, 0.5) is 0 Å². The third-order valence-corrected chi connectivity index (χ3v) is 2.19. The minimum atomic E-state index is 0.170. The van der Waals surface area contributed by atoms with Crippen LogP contribution in [0.1, 0.15) is 12.5 Å². The number of hydrogen-bond donors (Lipinski definition) is 2. The summed E-state index contributed by atoms with van der Waals surface area (Å²) in [6.07, 6.45) is 0.866. The number of nitrogens with two attached hydrogens (primary N) is 1. The fourth-order valence-corrected chi connectivity index (χ4v) is 1.50. The quantitative estimate of drug-likeness (QED) is 0.429. The molecule has 0 aliphatic heterocycles. The Labute approximate surface area is 102 Å². The molecule has 1 unspecified atom stereocenters. The van der Waals surface area contributed by atoms with Gasteiger partial charge in [0.15, 0.2) is 0 Å². The lowest BCUT2D eigenvalue weighted by Gasteiger charge is -2.09. The lowest BCUT2D eigenvalue weighted by atomic mass is 10.1. The highest BCUT2D eigenvalue weighted by atomic mass is 32.1. The van der Waals surface area contributed by atoms with Gasteiger partial charge >= 0.3 is 0 Å². The number of nitrogens with one attached hydrogen (secondary N) is 1. The molecule has 0 fully saturated rings. The SMILES string of the molecule is CC(N)Cc1cccc(OCNCC=S)c1. The predicted molar refractivity (Wildman–Crippen MR) is 70.9 cm³/mol. The van der Waals surface area contributed by atoms with Gasteiger partial charge in [-0.05, 0) is 36.4 Å². The second kappa shape index (κ2) is 7.33. The molecular weight excluding hydrogens is 220 g/mol. The van der Waals surface area contributed by atoms with E-state index in [4.69, 9.17) is 22.7 Å². The lowest BCUT2D eigenvalue weighted by Crippen LogP contribution is -2.21. The van der Waals surface area contributed by atoms with E-state index >= 15 is 0 Å². The Kier molecular flexibility index (Phi) is 6.00. The zero-order chi connectivity index (χ0) is 11.8. The van der Waals surface area contributed by atoms with Gasteiger partial charge in [0.2, 0.25) is 0 Å². The zero-order valence-electron chi connectivity index (χ0n) is 9.48. The van der Waals surface area contributed by atoms with E-state index in [-0.39, 0.29) is 6.04 Å². The Morgan fingerprint density at radius 1 is 1.56 bits per heavy atom. The predicted octanol–water partition coefficient (Wildman–Crippen LogP) is 1.50. The van der Waals surface area contributed by atoms with Crippen LogP contribution < -0.4 is 15.8 Å². The first-order valence-corrected chi connectivity index (χ1v) is 5.81. The first kappa shape index (κ1) is 13.1. The van der Waals surface area contributed by atoms with Gasteiger partial charge in [-0.1, -0.05) is 24.4 Å². The molecule has 1 rings (SSSR count). The maximum Gasteiger partial charge on any atom is 0.139 e. The van der Waals surface area contributed by atoms with Crippen molar-refractivity contribution in [1.29, 1.82) is 0 Å². The van der Waals surface area contributed by atoms with E-state index in [1.807, 2.05) is 25.1 Å². The van der Waals surface area contributed by atoms with Gasteiger partial charge in [-0.15, -0.1) is 0 Å². The molecule has 0 aliphatic rings. The van der Waals surface area contributed by atoms with Crippen molar-refractivity contribution in [3.05, 3.63) is 29.8 Å². The summed E-state index contributed by atoms with van der Waals surface area (Å²) >= 11 is 4.69. The number of thiocarbonyl (C=S) groups is 1. The van der Waals surface area contributed by atoms with Crippen molar-refractivity contribution >= 4 is 17.6 Å². The molecule has 0 aromatic heterocycles. The summed E-state index contributed by atoms with van der Waals surface area (Å²) in [5, 5.41) is 4.67. The van der Waals surface area contributed by atoms with Gasteiger partial charge in [-0.25, -0.2) is 0 Å². The molecule has 0 amide bonds. The van der Waals surface area contributed by atoms with Crippen molar-refractivity contribution in [3.63, 3.8) is 0 Å². The fraction of sp³-hybridized carbons (Fsp3) is 0.417. The second-order valence-corrected chi connectivity index (χ2v) is 4.07. The zero-order valence-corrected chi connectivity index (χ0v) is 10.3. The number of benzene rings is 1. The maximum atomic E-state index is 5.75. The van der Waals surface area contributed by atoms with Crippen LogP contribution in [-0.4, -0.2) is 24.7 Å². The molecule has 0 saturated carbocycles. The van der Waals surface area contributed by atoms with Gasteiger partial charge in [0, 0.05) is 12.6 Å². The molecular formula is C12H18N2OS. The van der Waals surface area contributed by atoms with Crippen LogP contribution in [0.5, 0.6) is 5.75 Å². The van der Waals surface area contributed by atoms with Crippen LogP contribution in [0.25, 0.3) is 0 Å². The second-order valence-electron chi connectivity index (χ2n) is 3.74. The third-order valence-electron chi connectivity index (χ3n) is 2.02. The number of rotatable bonds is 7. The molecule has 0 aliphatic carbocycles. The minimum Gasteiger partial charge on any atom is -0.478 e. The Hall–Kier alpha value is -0.970. The summed E-state index contributed by atoms with van der Waals surface area (Å²) < 4.78 is 5.51. The first-order valence-electron chi connectivity index (χ1n) is 5.34. The molecule has 1 atom stereocenters. The molecule has 88 valence electrons. The van der Waals surface area contributed by atoms with E-state index in [1.165, 1.54) is 5.56 Å². The van der Waals surface area contributed by atoms with Crippen LogP contribution >= 0.6 is 12.2 Å². The van der Waals surface area contributed by atoms with Gasteiger partial charge in [0.05, 0.1) is 0 Å². The van der Waals surface area contributed by atoms with Crippen molar-refractivity contribution < 1.29 is 4.74 Å². The van der Waals surface area contributed by atoms with Crippen LogP contribution in [0, 0.1) is 0 Å². The number of ether oxygens (including phenoxy) is 1. The minimum absolute atomic E-state index is 0.170. The molecule has 0 bridgehead atoms. The highest BCUT2D eigenvalue weighted by molar-refractivity contribution is 7.79. The summed E-state index contributed by atoms with van der Waals surface area (Å²) in [7, 11) is 0. The Bertz CT molecular complexity index is 329. The molecule has 0 radical (unpaired) electrons. The van der Waals surface area contributed by atoms with Crippen molar-refractivity contribution in [2.24, 2.45) is 5.73 Å². The molecule has 0 spiro atoms. The largest absolute Gasteiger partial charge is 0.478 e. The van der Waals surface area contributed by atoms with E-state index in [2.05, 4.69) is 11.4 Å². The Balaban J connectivity index is 2.43. The van der Waals surface area contributed by atoms with E-state index in [1.54, 1.807) is 5.37 Å². The summed E-state index contributed by atoms with van der Waals surface area (Å²) in [6, 6.07) is 8.15. The first-order chi connectivity index (χ1) is 7.72. The molecule has 0 heterocycles. The van der Waals surface area contributed by atoms with Crippen molar-refractivity contribution in [2.45, 2.75) is 19.4 Å². The highest BCUT2D eigenvalue weighted by Crippen LogP contribution is 2.13. The van der Waals surface area contributed by atoms with Gasteiger partial charge in [0.1, 0.15) is 12.5 Å². The Morgan fingerprint density at radius 3 is 3.06 bits per heavy atom. The highest BCUT2D eigenvalue weighted by Gasteiger charge is 1.99. The normalized spacial score (nSPS) is 12.1. The third kappa shape index (κ3) is 5.21. The average Bonchev–Trinajstić information content (AvgIpc) is 2.24. The van der Waals surface area contributed by atoms with Gasteiger partial charge < -0.3 is 10.5 Å². The molecule has 1 aromatic rings. The van der Waals surface area contributed by atoms with Gasteiger partial charge in [-0.2, -0.15) is 0 Å². The smallest absolute Gasteiger partial charge is 0.139 e. The molecule has 1 aromatic carbocycles. The maximum absolute atomic E-state index is 5.75. The fourth-order valence-electron chi connectivity index (χ4n) is 1.39.